The number of benzene rings is 1. The maximum atomic E-state index is 13.2. The Labute approximate surface area is 106 Å². The fourth-order valence-corrected chi connectivity index (χ4v) is 1.85. The smallest absolute Gasteiger partial charge is 0.131 e. The first-order chi connectivity index (χ1) is 7.77. The van der Waals surface area contributed by atoms with Crippen LogP contribution in [0.25, 0.3) is 0 Å². The lowest BCUT2D eigenvalue weighted by atomic mass is 10.1. The van der Waals surface area contributed by atoms with Crippen LogP contribution in [-0.2, 0) is 11.3 Å². The van der Waals surface area contributed by atoms with Gasteiger partial charge < -0.3 is 10.1 Å². The molecule has 1 saturated heterocycles. The second kappa shape index (κ2) is 6.89. The molecule has 1 atom stereocenters. The molecule has 1 aliphatic rings. The van der Waals surface area contributed by atoms with Crippen LogP contribution in [0.1, 0.15) is 12.0 Å². The molecule has 0 aliphatic carbocycles. The summed E-state index contributed by atoms with van der Waals surface area (Å²) in [5, 5.41) is 3.22. The van der Waals surface area contributed by atoms with E-state index in [0.29, 0.717) is 12.5 Å². The highest BCUT2D eigenvalue weighted by atomic mass is 35.5. The molecule has 2 rings (SSSR count). The van der Waals surface area contributed by atoms with Gasteiger partial charge in [0.15, 0.2) is 0 Å². The normalized spacial score (nSPS) is 19.1. The molecular formula is C12H16ClF2NO. The fourth-order valence-electron chi connectivity index (χ4n) is 1.85. The van der Waals surface area contributed by atoms with Gasteiger partial charge in [-0.1, -0.05) is 6.07 Å². The average molecular weight is 264 g/mol. The predicted octanol–water partition coefficient (Wildman–Crippen LogP) is 2.51. The molecule has 0 bridgehead atoms. The lowest BCUT2D eigenvalue weighted by molar-refractivity contribution is 0.0884. The highest BCUT2D eigenvalue weighted by Gasteiger charge is 2.15. The highest BCUT2D eigenvalue weighted by Crippen LogP contribution is 2.14. The second-order valence-corrected chi connectivity index (χ2v) is 4.07. The summed E-state index contributed by atoms with van der Waals surface area (Å²) in [6.07, 6.45) is 1.07. The minimum Gasteiger partial charge on any atom is -0.376 e. The van der Waals surface area contributed by atoms with Crippen molar-refractivity contribution in [3.63, 3.8) is 0 Å². The first kappa shape index (κ1) is 14.4. The Hall–Kier alpha value is -0.710. The summed E-state index contributed by atoms with van der Waals surface area (Å²) in [7, 11) is 0. The molecule has 1 heterocycles. The third-order valence-corrected chi connectivity index (χ3v) is 2.82. The van der Waals surface area contributed by atoms with Gasteiger partial charge in [0.1, 0.15) is 11.6 Å². The molecule has 1 aromatic carbocycles. The Morgan fingerprint density at radius 3 is 2.59 bits per heavy atom. The first-order valence-corrected chi connectivity index (χ1v) is 5.48. The van der Waals surface area contributed by atoms with Gasteiger partial charge in [0.2, 0.25) is 0 Å². The van der Waals surface area contributed by atoms with Crippen molar-refractivity contribution in [3.05, 3.63) is 35.4 Å². The van der Waals surface area contributed by atoms with Crippen LogP contribution in [0.4, 0.5) is 8.78 Å². The van der Waals surface area contributed by atoms with E-state index in [1.54, 1.807) is 0 Å². The Balaban J connectivity index is 0.00000144. The molecule has 0 aromatic heterocycles. The highest BCUT2D eigenvalue weighted by molar-refractivity contribution is 5.85. The van der Waals surface area contributed by atoms with Crippen molar-refractivity contribution in [1.29, 1.82) is 0 Å². The zero-order valence-corrected chi connectivity index (χ0v) is 10.2. The van der Waals surface area contributed by atoms with E-state index in [9.17, 15) is 8.78 Å². The number of ether oxygens (including phenoxy) is 1. The third kappa shape index (κ3) is 3.91. The summed E-state index contributed by atoms with van der Waals surface area (Å²) in [5.74, 6) is -0.607. The van der Waals surface area contributed by atoms with E-state index in [1.165, 1.54) is 18.2 Å². The summed E-state index contributed by atoms with van der Waals surface area (Å²) in [5.41, 5.74) is 0.0217. The number of hydrogen-bond donors (Lipinski definition) is 1. The van der Waals surface area contributed by atoms with Gasteiger partial charge in [-0.3, -0.25) is 0 Å². The largest absolute Gasteiger partial charge is 0.376 e. The summed E-state index contributed by atoms with van der Waals surface area (Å²) >= 11 is 0. The van der Waals surface area contributed by atoms with E-state index >= 15 is 0 Å². The van der Waals surface area contributed by atoms with E-state index < -0.39 is 11.6 Å². The molecule has 0 saturated carbocycles. The molecule has 1 aromatic rings. The van der Waals surface area contributed by atoms with Crippen molar-refractivity contribution < 1.29 is 13.5 Å². The van der Waals surface area contributed by atoms with Gasteiger partial charge in [-0.05, 0) is 31.0 Å². The average Bonchev–Trinajstić information content (AvgIpc) is 2.75. The molecule has 17 heavy (non-hydrogen) atoms. The molecule has 1 unspecified atom stereocenters. The molecule has 96 valence electrons. The first-order valence-electron chi connectivity index (χ1n) is 5.48. The molecule has 0 spiro atoms. The van der Waals surface area contributed by atoms with Crippen molar-refractivity contribution in [2.75, 3.05) is 19.7 Å². The van der Waals surface area contributed by atoms with Gasteiger partial charge in [0.25, 0.3) is 0 Å². The molecule has 0 radical (unpaired) electrons. The lowest BCUT2D eigenvalue weighted by Crippen LogP contribution is -2.14. The summed E-state index contributed by atoms with van der Waals surface area (Å²) in [6.45, 7) is 2.50. The van der Waals surface area contributed by atoms with Crippen molar-refractivity contribution in [3.8, 4) is 0 Å². The number of halogens is 3. The van der Waals surface area contributed by atoms with E-state index in [4.69, 9.17) is 4.74 Å². The monoisotopic (exact) mass is 263 g/mol. The third-order valence-electron chi connectivity index (χ3n) is 2.82. The second-order valence-electron chi connectivity index (χ2n) is 4.07. The minimum absolute atomic E-state index is 0. The van der Waals surface area contributed by atoms with Gasteiger partial charge in [-0.2, -0.15) is 0 Å². The van der Waals surface area contributed by atoms with Gasteiger partial charge in [-0.15, -0.1) is 12.4 Å². The van der Waals surface area contributed by atoms with E-state index in [-0.39, 0.29) is 24.6 Å². The minimum atomic E-state index is -0.537. The predicted molar refractivity (Wildman–Crippen MR) is 64.2 cm³/mol. The zero-order chi connectivity index (χ0) is 11.4. The Morgan fingerprint density at radius 2 is 2.00 bits per heavy atom. The lowest BCUT2D eigenvalue weighted by Gasteiger charge is -2.10. The Bertz CT molecular complexity index is 336. The fraction of sp³-hybridized carbons (Fsp3) is 0.500. The standard InChI is InChI=1S/C12H15F2NO.ClH/c13-11-2-1-3-12(14)10(11)8-16-7-9-4-5-15-6-9;/h1-3,9,15H,4-8H2;1H. The molecule has 1 aliphatic heterocycles. The van der Waals surface area contributed by atoms with Crippen LogP contribution < -0.4 is 5.32 Å². The zero-order valence-electron chi connectivity index (χ0n) is 9.42. The molecular weight excluding hydrogens is 248 g/mol. The molecule has 1 N–H and O–H groups in total. The number of nitrogens with one attached hydrogen (secondary N) is 1. The van der Waals surface area contributed by atoms with E-state index in [2.05, 4.69) is 5.32 Å². The van der Waals surface area contributed by atoms with Gasteiger partial charge in [0, 0.05) is 12.1 Å². The summed E-state index contributed by atoms with van der Waals surface area (Å²) < 4.78 is 31.8. The SMILES string of the molecule is Cl.Fc1cccc(F)c1COCC1CCNC1. The van der Waals surface area contributed by atoms with Crippen molar-refractivity contribution in [1.82, 2.24) is 5.32 Å². The maximum absolute atomic E-state index is 13.2. The number of rotatable bonds is 4. The van der Waals surface area contributed by atoms with Crippen molar-refractivity contribution >= 4 is 12.4 Å². The van der Waals surface area contributed by atoms with Crippen LogP contribution in [0.2, 0.25) is 0 Å². The Morgan fingerprint density at radius 1 is 1.29 bits per heavy atom. The van der Waals surface area contributed by atoms with Crippen LogP contribution in [0.3, 0.4) is 0 Å². The van der Waals surface area contributed by atoms with E-state index in [0.717, 1.165) is 19.5 Å². The molecule has 1 fully saturated rings. The van der Waals surface area contributed by atoms with E-state index in [1.807, 2.05) is 0 Å². The van der Waals surface area contributed by atoms with Gasteiger partial charge in [-0.25, -0.2) is 8.78 Å². The van der Waals surface area contributed by atoms with Crippen LogP contribution in [0.15, 0.2) is 18.2 Å². The maximum Gasteiger partial charge on any atom is 0.131 e. The van der Waals surface area contributed by atoms with Gasteiger partial charge >= 0.3 is 0 Å². The van der Waals surface area contributed by atoms with Crippen LogP contribution >= 0.6 is 12.4 Å². The number of hydrogen-bond acceptors (Lipinski definition) is 2. The van der Waals surface area contributed by atoms with Crippen molar-refractivity contribution in [2.24, 2.45) is 5.92 Å². The molecule has 2 nitrogen and oxygen atoms in total. The van der Waals surface area contributed by atoms with Crippen LogP contribution in [0.5, 0.6) is 0 Å². The summed E-state index contributed by atoms with van der Waals surface area (Å²) in [4.78, 5) is 0. The topological polar surface area (TPSA) is 21.3 Å². The van der Waals surface area contributed by atoms with Crippen molar-refractivity contribution in [2.45, 2.75) is 13.0 Å². The van der Waals surface area contributed by atoms with Gasteiger partial charge in [0.05, 0.1) is 13.2 Å². The van der Waals surface area contributed by atoms with Crippen LogP contribution in [-0.4, -0.2) is 19.7 Å². The van der Waals surface area contributed by atoms with Crippen LogP contribution in [0, 0.1) is 17.6 Å². The quantitative estimate of drug-likeness (QED) is 0.901. The molecule has 0 amide bonds. The molecule has 5 heteroatoms. The summed E-state index contributed by atoms with van der Waals surface area (Å²) in [6, 6.07) is 3.85. The Kier molecular flexibility index (Phi) is 5.82.